The number of anilines is 1. The molecule has 28 heavy (non-hydrogen) atoms. The van der Waals surface area contributed by atoms with Gasteiger partial charge in [-0.3, -0.25) is 14.5 Å². The van der Waals surface area contributed by atoms with E-state index in [-0.39, 0.29) is 17.2 Å². The van der Waals surface area contributed by atoms with E-state index in [1.807, 2.05) is 19.1 Å². The first-order valence-corrected chi connectivity index (χ1v) is 8.79. The molecular weight excluding hydrogens is 360 g/mol. The van der Waals surface area contributed by atoms with Crippen molar-refractivity contribution in [3.63, 3.8) is 0 Å². The molecule has 0 atom stereocenters. The zero-order valence-electron chi connectivity index (χ0n) is 16.2. The van der Waals surface area contributed by atoms with Gasteiger partial charge in [-0.05, 0) is 36.8 Å². The van der Waals surface area contributed by atoms with Crippen LogP contribution in [0.5, 0.6) is 17.2 Å². The molecule has 1 N–H and O–H groups in total. The summed E-state index contributed by atoms with van der Waals surface area (Å²) in [4.78, 5) is 26.5. The maximum Gasteiger partial charge on any atom is 0.277 e. The summed E-state index contributed by atoms with van der Waals surface area (Å²) in [5.41, 5.74) is 1.68. The minimum absolute atomic E-state index is 0.202. The normalized spacial score (nSPS) is 13.8. The Kier molecular flexibility index (Phi) is 5.54. The molecule has 0 unspecified atom stereocenters. The zero-order valence-corrected chi connectivity index (χ0v) is 16.2. The quantitative estimate of drug-likeness (QED) is 0.742. The van der Waals surface area contributed by atoms with E-state index >= 15 is 0 Å². The van der Waals surface area contributed by atoms with Crippen molar-refractivity contribution in [2.45, 2.75) is 6.92 Å². The molecule has 2 aromatic carbocycles. The lowest BCUT2D eigenvalue weighted by Crippen LogP contribution is -2.27. The standard InChI is InChI=1S/C21H22N2O5/c1-5-28-15-8-6-7-14(12-15)22-19-18(20(24)23(2)21(19)25)13-9-10-16(26-3)17(11-13)27-4/h6-12,22H,5H2,1-4H3. The molecule has 0 aliphatic carbocycles. The van der Waals surface area contributed by atoms with Crippen molar-refractivity contribution in [2.75, 3.05) is 33.2 Å². The van der Waals surface area contributed by atoms with Gasteiger partial charge < -0.3 is 19.5 Å². The number of hydrogen-bond acceptors (Lipinski definition) is 6. The van der Waals surface area contributed by atoms with Crippen molar-refractivity contribution in [1.29, 1.82) is 0 Å². The van der Waals surface area contributed by atoms with E-state index in [1.165, 1.54) is 21.3 Å². The zero-order chi connectivity index (χ0) is 20.3. The number of imide groups is 1. The minimum Gasteiger partial charge on any atom is -0.494 e. The number of nitrogens with zero attached hydrogens (tertiary/aromatic N) is 1. The van der Waals surface area contributed by atoms with Gasteiger partial charge in [0.25, 0.3) is 11.8 Å². The van der Waals surface area contributed by atoms with Crippen LogP contribution in [-0.2, 0) is 9.59 Å². The third kappa shape index (κ3) is 3.51. The van der Waals surface area contributed by atoms with Gasteiger partial charge in [0, 0.05) is 18.8 Å². The van der Waals surface area contributed by atoms with E-state index in [0.29, 0.717) is 35.1 Å². The van der Waals surface area contributed by atoms with Crippen molar-refractivity contribution < 1.29 is 23.8 Å². The molecule has 0 spiro atoms. The van der Waals surface area contributed by atoms with Crippen molar-refractivity contribution in [3.8, 4) is 17.2 Å². The molecule has 1 aliphatic rings. The molecule has 0 fully saturated rings. The van der Waals surface area contributed by atoms with Crippen LogP contribution in [0, 0.1) is 0 Å². The maximum absolute atomic E-state index is 12.8. The Morgan fingerprint density at radius 1 is 0.964 bits per heavy atom. The number of carbonyl (C=O) groups is 2. The van der Waals surface area contributed by atoms with Crippen molar-refractivity contribution >= 4 is 23.1 Å². The first-order valence-electron chi connectivity index (χ1n) is 8.79. The van der Waals surface area contributed by atoms with Crippen LogP contribution in [0.15, 0.2) is 48.2 Å². The van der Waals surface area contributed by atoms with Gasteiger partial charge >= 0.3 is 0 Å². The molecule has 1 heterocycles. The molecule has 0 saturated heterocycles. The Morgan fingerprint density at radius 3 is 2.39 bits per heavy atom. The second-order valence-corrected chi connectivity index (χ2v) is 6.07. The molecule has 0 aromatic heterocycles. The van der Waals surface area contributed by atoms with Gasteiger partial charge in [-0.2, -0.15) is 0 Å². The average Bonchev–Trinajstić information content (AvgIpc) is 2.92. The van der Waals surface area contributed by atoms with Crippen LogP contribution in [0.3, 0.4) is 0 Å². The summed E-state index contributed by atoms with van der Waals surface area (Å²) in [6, 6.07) is 12.3. The number of methoxy groups -OCH3 is 2. The van der Waals surface area contributed by atoms with E-state index in [9.17, 15) is 9.59 Å². The predicted molar refractivity (Wildman–Crippen MR) is 105 cm³/mol. The molecule has 146 valence electrons. The number of ether oxygens (including phenoxy) is 3. The Bertz CT molecular complexity index is 952. The molecule has 7 heteroatoms. The molecule has 1 aliphatic heterocycles. The van der Waals surface area contributed by atoms with Crippen LogP contribution in [0.2, 0.25) is 0 Å². The molecular formula is C21H22N2O5. The van der Waals surface area contributed by atoms with Gasteiger partial charge in [-0.1, -0.05) is 12.1 Å². The van der Waals surface area contributed by atoms with E-state index in [0.717, 1.165) is 4.90 Å². The first kappa shape index (κ1) is 19.3. The topological polar surface area (TPSA) is 77.1 Å². The lowest BCUT2D eigenvalue weighted by atomic mass is 10.0. The third-order valence-corrected chi connectivity index (χ3v) is 4.37. The van der Waals surface area contributed by atoms with E-state index in [4.69, 9.17) is 14.2 Å². The maximum atomic E-state index is 12.8. The van der Waals surface area contributed by atoms with Crippen LogP contribution < -0.4 is 19.5 Å². The van der Waals surface area contributed by atoms with Gasteiger partial charge in [-0.15, -0.1) is 0 Å². The molecule has 0 bridgehead atoms. The minimum atomic E-state index is -0.406. The predicted octanol–water partition coefficient (Wildman–Crippen LogP) is 2.92. The van der Waals surface area contributed by atoms with E-state index in [1.54, 1.807) is 30.3 Å². The summed E-state index contributed by atoms with van der Waals surface area (Å²) in [5.74, 6) is 0.888. The highest BCUT2D eigenvalue weighted by molar-refractivity contribution is 6.36. The first-order chi connectivity index (χ1) is 13.5. The Morgan fingerprint density at radius 2 is 1.71 bits per heavy atom. The van der Waals surface area contributed by atoms with Gasteiger partial charge in [0.15, 0.2) is 11.5 Å². The van der Waals surface area contributed by atoms with Crippen molar-refractivity contribution in [2.24, 2.45) is 0 Å². The number of benzene rings is 2. The van der Waals surface area contributed by atoms with Crippen LogP contribution in [0.4, 0.5) is 5.69 Å². The number of amides is 2. The Balaban J connectivity index is 2.06. The second-order valence-electron chi connectivity index (χ2n) is 6.07. The summed E-state index contributed by atoms with van der Waals surface area (Å²) in [6.45, 7) is 2.43. The van der Waals surface area contributed by atoms with Crippen LogP contribution >= 0.6 is 0 Å². The van der Waals surface area contributed by atoms with Gasteiger partial charge in [0.1, 0.15) is 11.4 Å². The molecule has 2 aromatic rings. The van der Waals surface area contributed by atoms with Crippen LogP contribution in [-0.4, -0.2) is 44.6 Å². The SMILES string of the molecule is CCOc1cccc(NC2=C(c3ccc(OC)c(OC)c3)C(=O)N(C)C2=O)c1. The highest BCUT2D eigenvalue weighted by Crippen LogP contribution is 2.35. The fourth-order valence-corrected chi connectivity index (χ4v) is 2.99. The number of rotatable bonds is 7. The smallest absolute Gasteiger partial charge is 0.277 e. The lowest BCUT2D eigenvalue weighted by Gasteiger charge is -2.12. The molecule has 3 rings (SSSR count). The number of nitrogens with one attached hydrogen (secondary N) is 1. The Hall–Kier alpha value is -3.48. The number of likely N-dealkylation sites (N-methyl/N-ethyl adjacent to an activating group) is 1. The molecule has 2 amide bonds. The number of carbonyl (C=O) groups excluding carboxylic acids is 2. The summed E-state index contributed by atoms with van der Waals surface area (Å²) in [5, 5.41) is 3.08. The largest absolute Gasteiger partial charge is 0.494 e. The molecule has 7 nitrogen and oxygen atoms in total. The van der Waals surface area contributed by atoms with Gasteiger partial charge in [-0.25, -0.2) is 0 Å². The average molecular weight is 382 g/mol. The summed E-state index contributed by atoms with van der Waals surface area (Å²) in [6.07, 6.45) is 0. The second kappa shape index (κ2) is 8.04. The van der Waals surface area contributed by atoms with E-state index in [2.05, 4.69) is 5.32 Å². The lowest BCUT2D eigenvalue weighted by molar-refractivity contribution is -0.135. The third-order valence-electron chi connectivity index (χ3n) is 4.37. The van der Waals surface area contributed by atoms with Crippen LogP contribution in [0.1, 0.15) is 12.5 Å². The highest BCUT2D eigenvalue weighted by Gasteiger charge is 2.37. The number of hydrogen-bond donors (Lipinski definition) is 1. The monoisotopic (exact) mass is 382 g/mol. The van der Waals surface area contributed by atoms with Crippen molar-refractivity contribution in [1.82, 2.24) is 4.90 Å². The fraction of sp³-hybridized carbons (Fsp3) is 0.238. The summed E-state index contributed by atoms with van der Waals surface area (Å²) < 4.78 is 16.1. The van der Waals surface area contributed by atoms with Gasteiger partial charge in [0.05, 0.1) is 26.4 Å². The summed E-state index contributed by atoms with van der Waals surface area (Å²) >= 11 is 0. The fourth-order valence-electron chi connectivity index (χ4n) is 2.99. The Labute approximate surface area is 163 Å². The molecule has 0 saturated carbocycles. The van der Waals surface area contributed by atoms with E-state index < -0.39 is 5.91 Å². The van der Waals surface area contributed by atoms with Crippen LogP contribution in [0.25, 0.3) is 5.57 Å². The highest BCUT2D eigenvalue weighted by atomic mass is 16.5. The van der Waals surface area contributed by atoms with Gasteiger partial charge in [0.2, 0.25) is 0 Å². The summed E-state index contributed by atoms with van der Waals surface area (Å²) in [7, 11) is 4.51. The van der Waals surface area contributed by atoms with Crippen molar-refractivity contribution in [3.05, 3.63) is 53.7 Å². The molecule has 0 radical (unpaired) electrons.